The van der Waals surface area contributed by atoms with E-state index in [1.54, 1.807) is 12.5 Å². The molecule has 28 heavy (non-hydrogen) atoms. The van der Waals surface area contributed by atoms with Gasteiger partial charge in [0.05, 0.1) is 12.5 Å². The van der Waals surface area contributed by atoms with Gasteiger partial charge < -0.3 is 14.4 Å². The van der Waals surface area contributed by atoms with Gasteiger partial charge >= 0.3 is 6.03 Å². The van der Waals surface area contributed by atoms with Crippen molar-refractivity contribution in [2.75, 3.05) is 31.1 Å². The number of carbonyl (C=O) groups excluding carboxylic acids is 2. The van der Waals surface area contributed by atoms with Crippen LogP contribution in [0.1, 0.15) is 33.6 Å². The second kappa shape index (κ2) is 6.72. The summed E-state index contributed by atoms with van der Waals surface area (Å²) in [5, 5.41) is 0. The molecule has 2 aliphatic rings. The number of carbonyl (C=O) groups is 2. The highest BCUT2D eigenvalue weighted by atomic mass is 16.2. The number of anilines is 1. The number of likely N-dealkylation sites (N-methyl/N-ethyl adjacent to an activating group) is 1. The third-order valence-corrected chi connectivity index (χ3v) is 5.80. The molecule has 9 heteroatoms. The summed E-state index contributed by atoms with van der Waals surface area (Å²) in [6.07, 6.45) is 4.64. The van der Waals surface area contributed by atoms with Crippen molar-refractivity contribution in [3.8, 4) is 0 Å². The molecular formula is C19H27N7O2. The fourth-order valence-electron chi connectivity index (χ4n) is 4.30. The number of amides is 3. The lowest BCUT2D eigenvalue weighted by Crippen LogP contribution is -2.57. The Balaban J connectivity index is 1.59. The smallest absolute Gasteiger partial charge is 0.327 e. The van der Waals surface area contributed by atoms with E-state index in [-0.39, 0.29) is 11.9 Å². The normalized spacial score (nSPS) is 19.7. The summed E-state index contributed by atoms with van der Waals surface area (Å²) in [6.45, 7) is 8.28. The minimum Gasteiger partial charge on any atom is -0.341 e. The van der Waals surface area contributed by atoms with Gasteiger partial charge in [0.1, 0.15) is 11.1 Å². The second-order valence-electron chi connectivity index (χ2n) is 8.09. The van der Waals surface area contributed by atoms with E-state index in [9.17, 15) is 9.59 Å². The molecule has 2 saturated heterocycles. The summed E-state index contributed by atoms with van der Waals surface area (Å²) < 4.78 is 1.87. The molecule has 0 unspecified atom stereocenters. The number of aromatic nitrogens is 4. The molecule has 150 valence electrons. The minimum absolute atomic E-state index is 0.0525. The number of urea groups is 1. The number of imidazole rings is 1. The summed E-state index contributed by atoms with van der Waals surface area (Å²) in [7, 11) is 1.91. The molecule has 1 spiro atoms. The van der Waals surface area contributed by atoms with E-state index in [1.807, 2.05) is 23.4 Å². The first-order valence-corrected chi connectivity index (χ1v) is 9.90. The number of hydrogen-bond donors (Lipinski definition) is 0. The van der Waals surface area contributed by atoms with Crippen molar-refractivity contribution in [3.63, 3.8) is 0 Å². The van der Waals surface area contributed by atoms with Crippen LogP contribution in [0.4, 0.5) is 10.7 Å². The number of rotatable bonds is 4. The fourth-order valence-corrected chi connectivity index (χ4v) is 4.30. The lowest BCUT2D eigenvalue weighted by Gasteiger charge is -2.42. The minimum atomic E-state index is -0.732. The SMILES string of the molecule is CCN1C(=O)N(CC(C)C)C2(CCN(c3ncc4ncn(C)c4n3)CC2)C1=O. The predicted octanol–water partition coefficient (Wildman–Crippen LogP) is 1.64. The van der Waals surface area contributed by atoms with Crippen LogP contribution in [0, 0.1) is 5.92 Å². The van der Waals surface area contributed by atoms with E-state index in [0.717, 1.165) is 11.2 Å². The Kier molecular flexibility index (Phi) is 4.47. The molecule has 4 rings (SSSR count). The van der Waals surface area contributed by atoms with Gasteiger partial charge in [-0.05, 0) is 25.7 Å². The molecule has 0 atom stereocenters. The van der Waals surface area contributed by atoms with Crippen molar-refractivity contribution in [1.29, 1.82) is 0 Å². The predicted molar refractivity (Wildman–Crippen MR) is 105 cm³/mol. The zero-order valence-electron chi connectivity index (χ0n) is 16.9. The van der Waals surface area contributed by atoms with Crippen LogP contribution in [-0.4, -0.2) is 73.0 Å². The van der Waals surface area contributed by atoms with Crippen molar-refractivity contribution in [2.24, 2.45) is 13.0 Å². The lowest BCUT2D eigenvalue weighted by atomic mass is 9.85. The van der Waals surface area contributed by atoms with E-state index >= 15 is 0 Å². The molecule has 9 nitrogen and oxygen atoms in total. The van der Waals surface area contributed by atoms with E-state index in [1.165, 1.54) is 4.90 Å². The van der Waals surface area contributed by atoms with Crippen molar-refractivity contribution < 1.29 is 9.59 Å². The van der Waals surface area contributed by atoms with E-state index in [4.69, 9.17) is 0 Å². The first-order chi connectivity index (χ1) is 13.4. The number of piperidine rings is 1. The van der Waals surface area contributed by atoms with Crippen molar-refractivity contribution in [2.45, 2.75) is 39.2 Å². The monoisotopic (exact) mass is 385 g/mol. The zero-order valence-corrected chi connectivity index (χ0v) is 16.9. The third-order valence-electron chi connectivity index (χ3n) is 5.80. The molecule has 2 aromatic rings. The third kappa shape index (κ3) is 2.71. The maximum atomic E-state index is 13.1. The Morgan fingerprint density at radius 3 is 2.54 bits per heavy atom. The number of fused-ring (bicyclic) bond motifs is 1. The van der Waals surface area contributed by atoms with Crippen molar-refractivity contribution in [1.82, 2.24) is 29.3 Å². The van der Waals surface area contributed by atoms with Gasteiger partial charge in [0.15, 0.2) is 5.65 Å². The number of nitrogens with zero attached hydrogens (tertiary/aromatic N) is 7. The highest BCUT2D eigenvalue weighted by Gasteiger charge is 2.57. The van der Waals surface area contributed by atoms with Crippen LogP contribution in [0.2, 0.25) is 0 Å². The van der Waals surface area contributed by atoms with Crippen LogP contribution in [0.15, 0.2) is 12.5 Å². The van der Waals surface area contributed by atoms with Gasteiger partial charge in [0.2, 0.25) is 5.95 Å². The lowest BCUT2D eigenvalue weighted by molar-refractivity contribution is -0.134. The highest BCUT2D eigenvalue weighted by Crippen LogP contribution is 2.38. The van der Waals surface area contributed by atoms with E-state index in [0.29, 0.717) is 50.9 Å². The molecule has 2 fully saturated rings. The van der Waals surface area contributed by atoms with Crippen LogP contribution in [0.25, 0.3) is 11.2 Å². The standard InChI is InChI=1S/C19H27N7O2/c1-5-25-16(27)19(26(18(25)28)11-13(2)3)6-8-24(9-7-19)17-20-10-14-15(22-17)23(4)12-21-14/h10,12-13H,5-9,11H2,1-4H3. The topological polar surface area (TPSA) is 87.5 Å². The quantitative estimate of drug-likeness (QED) is 0.744. The number of imide groups is 1. The first kappa shape index (κ1) is 18.6. The summed E-state index contributed by atoms with van der Waals surface area (Å²) in [6, 6.07) is -0.151. The van der Waals surface area contributed by atoms with Gasteiger partial charge in [-0.2, -0.15) is 4.98 Å². The summed E-state index contributed by atoms with van der Waals surface area (Å²) in [5.41, 5.74) is 0.818. The zero-order chi connectivity index (χ0) is 20.1. The van der Waals surface area contributed by atoms with Crippen LogP contribution >= 0.6 is 0 Å². The largest absolute Gasteiger partial charge is 0.341 e. The molecule has 0 radical (unpaired) electrons. The Labute approximate surface area is 164 Å². The van der Waals surface area contributed by atoms with Crippen LogP contribution < -0.4 is 4.90 Å². The summed E-state index contributed by atoms with van der Waals surface area (Å²) in [4.78, 5) is 44.7. The maximum absolute atomic E-state index is 13.1. The molecule has 2 aromatic heterocycles. The molecule has 0 saturated carbocycles. The van der Waals surface area contributed by atoms with Crippen LogP contribution in [0.3, 0.4) is 0 Å². The van der Waals surface area contributed by atoms with Gasteiger partial charge in [-0.25, -0.2) is 14.8 Å². The number of aryl methyl sites for hydroxylation is 1. The maximum Gasteiger partial charge on any atom is 0.327 e. The van der Waals surface area contributed by atoms with Crippen LogP contribution in [0.5, 0.6) is 0 Å². The average molecular weight is 385 g/mol. The Hall–Kier alpha value is -2.71. The molecule has 4 heterocycles. The molecule has 3 amide bonds. The van der Waals surface area contributed by atoms with Gasteiger partial charge in [-0.3, -0.25) is 9.69 Å². The van der Waals surface area contributed by atoms with Gasteiger partial charge in [0.25, 0.3) is 5.91 Å². The molecule has 0 N–H and O–H groups in total. The molecule has 0 aromatic carbocycles. The van der Waals surface area contributed by atoms with Crippen molar-refractivity contribution in [3.05, 3.63) is 12.5 Å². The molecule has 0 aliphatic carbocycles. The van der Waals surface area contributed by atoms with Gasteiger partial charge in [-0.1, -0.05) is 13.8 Å². The van der Waals surface area contributed by atoms with Crippen molar-refractivity contribution >= 4 is 29.1 Å². The second-order valence-corrected chi connectivity index (χ2v) is 8.09. The van der Waals surface area contributed by atoms with E-state index < -0.39 is 5.54 Å². The highest BCUT2D eigenvalue weighted by molar-refractivity contribution is 6.07. The molecular weight excluding hydrogens is 358 g/mol. The molecule has 2 aliphatic heterocycles. The summed E-state index contributed by atoms with van der Waals surface area (Å²) in [5.74, 6) is 0.896. The van der Waals surface area contributed by atoms with E-state index in [2.05, 4.69) is 33.7 Å². The fraction of sp³-hybridized carbons (Fsp3) is 0.632. The van der Waals surface area contributed by atoms with Gasteiger partial charge in [-0.15, -0.1) is 0 Å². The van der Waals surface area contributed by atoms with Gasteiger partial charge in [0, 0.05) is 33.2 Å². The van der Waals surface area contributed by atoms with Crippen LogP contribution in [-0.2, 0) is 11.8 Å². The summed E-state index contributed by atoms with van der Waals surface area (Å²) >= 11 is 0. The number of hydrogen-bond acceptors (Lipinski definition) is 6. The molecule has 0 bridgehead atoms. The Morgan fingerprint density at radius 1 is 1.18 bits per heavy atom. The Morgan fingerprint density at radius 2 is 1.89 bits per heavy atom. The Bertz CT molecular complexity index is 914. The first-order valence-electron chi connectivity index (χ1n) is 9.90. The average Bonchev–Trinajstić information content (AvgIpc) is 3.14.